The van der Waals surface area contributed by atoms with Crippen LogP contribution in [0.2, 0.25) is 0 Å². The molecule has 278 valence electrons. The molecule has 12 nitrogen and oxygen atoms in total. The number of alkyl halides is 6. The van der Waals surface area contributed by atoms with Crippen molar-refractivity contribution in [2.45, 2.75) is 30.6 Å². The van der Waals surface area contributed by atoms with Gasteiger partial charge in [0.2, 0.25) is 0 Å². The topological polar surface area (TPSA) is 161 Å². The van der Waals surface area contributed by atoms with E-state index in [9.17, 15) is 62.4 Å². The van der Waals surface area contributed by atoms with Crippen molar-refractivity contribution in [2.24, 2.45) is 0 Å². The molecule has 0 N–H and O–H groups in total. The van der Waals surface area contributed by atoms with Crippen molar-refractivity contribution in [2.75, 3.05) is 0 Å². The van der Waals surface area contributed by atoms with Gasteiger partial charge in [-0.05, 0) is 65.4 Å². The maximum Gasteiger partial charge on any atom is 0.525 e. The minimum atomic E-state index is -6.36. The lowest BCUT2D eigenvalue weighted by Gasteiger charge is -2.26. The molecule has 4 amide bonds. The Morgan fingerprint density at radius 1 is 0.481 bits per heavy atom. The fraction of sp³-hybridized carbons (Fsp3) is 0.0625. The molecule has 0 saturated carbocycles. The first-order valence-electron chi connectivity index (χ1n) is 14.6. The Balaban J connectivity index is 1.18. The molecule has 0 bridgehead atoms. The summed E-state index contributed by atoms with van der Waals surface area (Å²) in [6, 6.07) is 20.4. The van der Waals surface area contributed by atoms with Crippen LogP contribution >= 0.6 is 23.5 Å². The van der Waals surface area contributed by atoms with Crippen molar-refractivity contribution in [3.8, 4) is 0 Å². The second-order valence-electron chi connectivity index (χ2n) is 11.1. The Kier molecular flexibility index (Phi) is 8.85. The van der Waals surface area contributed by atoms with E-state index >= 15 is 0 Å². The first-order chi connectivity index (χ1) is 25.2. The number of hydrogen-bond acceptors (Lipinski definition) is 12. The minimum Gasteiger partial charge on any atom is -0.266 e. The summed E-state index contributed by atoms with van der Waals surface area (Å²) in [6.07, 6.45) is 0. The van der Waals surface area contributed by atoms with Crippen LogP contribution in [0.1, 0.15) is 41.4 Å². The van der Waals surface area contributed by atoms with Crippen LogP contribution < -0.4 is 0 Å². The Bertz CT molecular complexity index is 2510. The van der Waals surface area contributed by atoms with Crippen LogP contribution in [-0.2, 0) is 28.8 Å². The van der Waals surface area contributed by atoms with E-state index in [0.717, 1.165) is 0 Å². The summed E-state index contributed by atoms with van der Waals surface area (Å²) in [6.45, 7) is 0. The van der Waals surface area contributed by atoms with E-state index in [1.165, 1.54) is 72.1 Å². The normalized spacial score (nSPS) is 15.1. The standard InChI is InChI=1S/C32H14F6N2O10S4/c33-31(34,35)53(45,46)49-39-27(41)19-8-2-6-17-23(12-10-21(25(17)19)29(39)43)51-15-4-1-5-16(14-15)52-24-13-11-22-26-18(24)7-3-9-20(26)28(42)40(30(22)44)50-54(47,48)32(36,37)38/h1-14H. The van der Waals surface area contributed by atoms with Gasteiger partial charge >= 0.3 is 31.3 Å². The number of carbonyl (C=O) groups excluding carboxylic acids is 4. The zero-order valence-electron chi connectivity index (χ0n) is 26.0. The highest BCUT2D eigenvalue weighted by atomic mass is 32.2. The molecule has 5 aromatic carbocycles. The van der Waals surface area contributed by atoms with Crippen molar-refractivity contribution >= 4 is 88.9 Å². The van der Waals surface area contributed by atoms with Crippen LogP contribution in [0, 0.1) is 0 Å². The van der Waals surface area contributed by atoms with Crippen molar-refractivity contribution in [1.29, 1.82) is 0 Å². The third kappa shape index (κ3) is 6.17. The average molecular weight is 829 g/mol. The lowest BCUT2D eigenvalue weighted by atomic mass is 9.95. The lowest BCUT2D eigenvalue weighted by Crippen LogP contribution is -2.44. The van der Waals surface area contributed by atoms with Gasteiger partial charge in [-0.3, -0.25) is 19.2 Å². The van der Waals surface area contributed by atoms with Gasteiger partial charge in [-0.1, -0.05) is 53.9 Å². The molecule has 5 aromatic rings. The highest BCUT2D eigenvalue weighted by Crippen LogP contribution is 2.43. The molecular weight excluding hydrogens is 815 g/mol. The first-order valence-corrected chi connectivity index (χ1v) is 19.0. The summed E-state index contributed by atoms with van der Waals surface area (Å²) in [5.41, 5.74) is -13.0. The predicted molar refractivity (Wildman–Crippen MR) is 176 cm³/mol. The number of imide groups is 2. The Labute approximate surface area is 306 Å². The molecular formula is C32H14F6N2O10S4. The zero-order valence-corrected chi connectivity index (χ0v) is 29.2. The number of benzene rings is 5. The summed E-state index contributed by atoms with van der Waals surface area (Å²) < 4.78 is 132. The van der Waals surface area contributed by atoms with E-state index in [4.69, 9.17) is 0 Å². The summed E-state index contributed by atoms with van der Waals surface area (Å²) in [5, 5.41) is -0.119. The number of hydrogen-bond donors (Lipinski definition) is 0. The zero-order chi connectivity index (χ0) is 39.1. The molecule has 0 aliphatic carbocycles. The first kappa shape index (κ1) is 37.3. The fourth-order valence-corrected chi connectivity index (χ4v) is 8.46. The van der Waals surface area contributed by atoms with Gasteiger partial charge in [0.15, 0.2) is 0 Å². The maximum atomic E-state index is 13.0. The Morgan fingerprint density at radius 3 is 1.17 bits per heavy atom. The van der Waals surface area contributed by atoms with Gasteiger partial charge in [0, 0.05) is 30.4 Å². The van der Waals surface area contributed by atoms with Crippen LogP contribution in [0.5, 0.6) is 0 Å². The SMILES string of the molecule is O=C1c2cccc3c(Sc4cccc(Sc5ccc6c7c(cccc57)C(=O)N(OS(=O)(=O)C(F)(F)F)C6=O)c4)ccc(c23)C(=O)N1OS(=O)(=O)C(F)(F)F. The van der Waals surface area contributed by atoms with Gasteiger partial charge < -0.3 is 0 Å². The van der Waals surface area contributed by atoms with E-state index in [1.54, 1.807) is 36.4 Å². The molecule has 54 heavy (non-hydrogen) atoms. The average Bonchev–Trinajstić information content (AvgIpc) is 3.10. The summed E-state index contributed by atoms with van der Waals surface area (Å²) >= 11 is 2.35. The number of carbonyl (C=O) groups is 4. The van der Waals surface area contributed by atoms with Crippen molar-refractivity contribution in [3.05, 3.63) is 107 Å². The monoisotopic (exact) mass is 828 g/mol. The van der Waals surface area contributed by atoms with Crippen LogP contribution in [0.3, 0.4) is 0 Å². The largest absolute Gasteiger partial charge is 0.525 e. The van der Waals surface area contributed by atoms with Gasteiger partial charge in [-0.15, -0.1) is 18.7 Å². The van der Waals surface area contributed by atoms with E-state index in [0.29, 0.717) is 30.4 Å². The molecule has 0 unspecified atom stereocenters. The third-order valence-corrected chi connectivity index (χ3v) is 11.8. The van der Waals surface area contributed by atoms with Gasteiger partial charge in [-0.2, -0.15) is 43.2 Å². The lowest BCUT2D eigenvalue weighted by molar-refractivity contribution is -0.0768. The number of nitrogens with zero attached hydrogens (tertiary/aromatic N) is 2. The molecule has 22 heteroatoms. The third-order valence-electron chi connectivity index (χ3n) is 7.83. The predicted octanol–water partition coefficient (Wildman–Crippen LogP) is 7.05. The van der Waals surface area contributed by atoms with Crippen LogP contribution in [0.4, 0.5) is 26.3 Å². The summed E-state index contributed by atoms with van der Waals surface area (Å²) in [5.74, 6) is -5.71. The number of hydroxylamine groups is 4. The van der Waals surface area contributed by atoms with Crippen LogP contribution in [-0.4, -0.2) is 61.6 Å². The van der Waals surface area contributed by atoms with Crippen molar-refractivity contribution in [1.82, 2.24) is 10.1 Å². The molecule has 0 aromatic heterocycles. The number of amides is 4. The van der Waals surface area contributed by atoms with Crippen LogP contribution in [0.25, 0.3) is 21.5 Å². The highest BCUT2D eigenvalue weighted by Gasteiger charge is 2.53. The van der Waals surface area contributed by atoms with Crippen molar-refractivity contribution in [3.63, 3.8) is 0 Å². The Hall–Kier alpha value is -5.00. The molecule has 2 aliphatic heterocycles. The molecule has 0 spiro atoms. The van der Waals surface area contributed by atoms with Crippen LogP contribution in [0.15, 0.2) is 105 Å². The van der Waals surface area contributed by atoms with Gasteiger partial charge in [-0.25, -0.2) is 0 Å². The maximum absolute atomic E-state index is 13.0. The van der Waals surface area contributed by atoms with E-state index in [2.05, 4.69) is 8.57 Å². The molecule has 0 saturated heterocycles. The van der Waals surface area contributed by atoms with Gasteiger partial charge in [0.05, 0.1) is 22.3 Å². The van der Waals surface area contributed by atoms with E-state index in [1.807, 2.05) is 0 Å². The minimum absolute atomic E-state index is 0.0557. The number of halogens is 6. The molecule has 2 heterocycles. The summed E-state index contributed by atoms with van der Waals surface area (Å²) in [7, 11) is -12.7. The smallest absolute Gasteiger partial charge is 0.266 e. The fourth-order valence-electron chi connectivity index (χ4n) is 5.54. The van der Waals surface area contributed by atoms with E-state index in [-0.39, 0.29) is 33.0 Å². The summed E-state index contributed by atoms with van der Waals surface area (Å²) in [4.78, 5) is 54.4. The second-order valence-corrected chi connectivity index (χ2v) is 16.4. The second kappa shape index (κ2) is 12.8. The quantitative estimate of drug-likeness (QED) is 0.0892. The van der Waals surface area contributed by atoms with Crippen molar-refractivity contribution < 1.29 is 70.9 Å². The molecule has 0 radical (unpaired) electrons. The molecule has 7 rings (SSSR count). The Morgan fingerprint density at radius 2 is 0.815 bits per heavy atom. The molecule has 2 aliphatic rings. The molecule has 0 fully saturated rings. The van der Waals surface area contributed by atoms with E-state index < -0.39 is 65.0 Å². The number of rotatable bonds is 8. The molecule has 0 atom stereocenters. The highest BCUT2D eigenvalue weighted by molar-refractivity contribution is 8.00. The van der Waals surface area contributed by atoms with Gasteiger partial charge in [0.1, 0.15) is 0 Å². The van der Waals surface area contributed by atoms with Gasteiger partial charge in [0.25, 0.3) is 23.6 Å².